The van der Waals surface area contributed by atoms with Gasteiger partial charge >= 0.3 is 11.9 Å². The zero-order valence-electron chi connectivity index (χ0n) is 25.5. The second-order valence-electron chi connectivity index (χ2n) is 11.7. The zero-order chi connectivity index (χ0) is 30.5. The van der Waals surface area contributed by atoms with Crippen LogP contribution in [0, 0.1) is 20.8 Å². The third-order valence-electron chi connectivity index (χ3n) is 6.18. The monoisotopic (exact) mass is 584 g/mol. The lowest BCUT2D eigenvalue weighted by Crippen LogP contribution is -2.40. The van der Waals surface area contributed by atoms with Gasteiger partial charge in [0.05, 0.1) is 18.8 Å². The summed E-state index contributed by atoms with van der Waals surface area (Å²) < 4.78 is 22.9. The third kappa shape index (κ3) is 9.07. The fraction of sp³-hybridized carbons (Fsp3) is 0.469. The lowest BCUT2D eigenvalue weighted by atomic mass is 10.0. The van der Waals surface area contributed by atoms with Crippen LogP contribution in [0.1, 0.15) is 69.7 Å². The Morgan fingerprint density at radius 2 is 1.59 bits per heavy atom. The van der Waals surface area contributed by atoms with Crippen molar-refractivity contribution >= 4 is 23.5 Å². The molecule has 0 unspecified atom stereocenters. The highest BCUT2D eigenvalue weighted by molar-refractivity contribution is 6.30. The fourth-order valence-corrected chi connectivity index (χ4v) is 4.50. The number of hydrogen-bond acceptors (Lipinski definition) is 8. The van der Waals surface area contributed by atoms with Gasteiger partial charge in [0.25, 0.3) is 0 Å². The number of esters is 2. The van der Waals surface area contributed by atoms with E-state index in [0.717, 1.165) is 27.9 Å². The number of rotatable bonds is 11. The van der Waals surface area contributed by atoms with Crippen LogP contribution in [-0.2, 0) is 32.2 Å². The highest BCUT2D eigenvalue weighted by atomic mass is 35.5. The number of nitrogens with zero attached hydrogens (tertiary/aromatic N) is 2. The maximum Gasteiger partial charge on any atom is 0.349 e. The van der Waals surface area contributed by atoms with Crippen molar-refractivity contribution in [3.8, 4) is 17.2 Å². The van der Waals surface area contributed by atoms with Crippen molar-refractivity contribution in [1.82, 2.24) is 9.88 Å². The molecule has 9 heteroatoms. The number of ether oxygens (including phenoxy) is 3. The number of hydrogen-bond donors (Lipinski definition) is 0. The second kappa shape index (κ2) is 13.1. The van der Waals surface area contributed by atoms with Gasteiger partial charge in [0.1, 0.15) is 17.1 Å². The lowest BCUT2D eigenvalue weighted by Gasteiger charge is -2.27. The minimum Gasteiger partial charge on any atom is -0.476 e. The predicted octanol–water partition coefficient (Wildman–Crippen LogP) is 6.98. The molecule has 0 radical (unpaired) electrons. The molecule has 8 nitrogen and oxygen atoms in total. The molecule has 0 aliphatic carbocycles. The van der Waals surface area contributed by atoms with E-state index in [1.54, 1.807) is 32.9 Å². The molecule has 0 fully saturated rings. The first-order valence-electron chi connectivity index (χ1n) is 13.7. The Kier molecular flexibility index (Phi) is 10.3. The molecule has 0 spiro atoms. The summed E-state index contributed by atoms with van der Waals surface area (Å²) in [4.78, 5) is 32.0. The Hall–Kier alpha value is -3.36. The number of halogens is 1. The molecule has 0 saturated carbocycles. The number of benzene rings is 2. The lowest BCUT2D eigenvalue weighted by molar-refractivity contribution is -0.159. The molecule has 1 heterocycles. The molecule has 2 aromatic carbocycles. The standard InChI is InChI=1S/C32H41ClN2O6/c1-10-38-30(37)32(8,9)41-28-20(2)15-23(16-21(28)3)17-35(19-27(36)40-31(5,6)7)18-26-22(4)39-29(34-26)24-11-13-25(33)14-12-24/h11-16H,10,17-19H2,1-9H3. The molecule has 0 aliphatic rings. The average Bonchev–Trinajstić information content (AvgIpc) is 3.20. The largest absolute Gasteiger partial charge is 0.476 e. The molecule has 0 bridgehead atoms. The Labute approximate surface area is 247 Å². The summed E-state index contributed by atoms with van der Waals surface area (Å²) in [5, 5.41) is 0.632. The third-order valence-corrected chi connectivity index (χ3v) is 6.43. The average molecular weight is 585 g/mol. The number of carbonyl (C=O) groups is 2. The van der Waals surface area contributed by atoms with Crippen molar-refractivity contribution in [3.05, 3.63) is 69.6 Å². The first-order valence-corrected chi connectivity index (χ1v) is 14.1. The topological polar surface area (TPSA) is 91.1 Å². The van der Waals surface area contributed by atoms with Crippen molar-refractivity contribution in [2.24, 2.45) is 0 Å². The quantitative estimate of drug-likeness (QED) is 0.223. The van der Waals surface area contributed by atoms with Crippen molar-refractivity contribution in [2.45, 2.75) is 86.6 Å². The van der Waals surface area contributed by atoms with E-state index in [-0.39, 0.29) is 19.1 Å². The summed E-state index contributed by atoms with van der Waals surface area (Å²) in [6.07, 6.45) is 0. The number of oxazole rings is 1. The van der Waals surface area contributed by atoms with Crippen LogP contribution in [0.2, 0.25) is 5.02 Å². The number of aryl methyl sites for hydroxylation is 3. The minimum atomic E-state index is -1.14. The van der Waals surface area contributed by atoms with Crippen LogP contribution in [0.5, 0.6) is 5.75 Å². The van der Waals surface area contributed by atoms with Gasteiger partial charge in [-0.3, -0.25) is 9.69 Å². The molecule has 1 aromatic heterocycles. The van der Waals surface area contributed by atoms with Gasteiger partial charge in [-0.1, -0.05) is 23.7 Å². The van der Waals surface area contributed by atoms with Crippen molar-refractivity contribution in [2.75, 3.05) is 13.2 Å². The van der Waals surface area contributed by atoms with Crippen LogP contribution in [0.25, 0.3) is 11.5 Å². The molecule has 0 atom stereocenters. The normalized spacial score (nSPS) is 12.0. The molecule has 3 rings (SSSR count). The summed E-state index contributed by atoms with van der Waals surface area (Å²) >= 11 is 6.04. The summed E-state index contributed by atoms with van der Waals surface area (Å²) in [6.45, 7) is 17.6. The minimum absolute atomic E-state index is 0.0616. The molecule has 0 saturated heterocycles. The summed E-state index contributed by atoms with van der Waals surface area (Å²) in [7, 11) is 0. The molecule has 3 aromatic rings. The van der Waals surface area contributed by atoms with Crippen LogP contribution in [0.3, 0.4) is 0 Å². The van der Waals surface area contributed by atoms with E-state index < -0.39 is 17.2 Å². The van der Waals surface area contributed by atoms with Gasteiger partial charge < -0.3 is 18.6 Å². The molecular formula is C32H41ClN2O6. The van der Waals surface area contributed by atoms with Crippen molar-refractivity contribution in [3.63, 3.8) is 0 Å². The predicted molar refractivity (Wildman–Crippen MR) is 159 cm³/mol. The molecule has 222 valence electrons. The Balaban J connectivity index is 1.87. The van der Waals surface area contributed by atoms with Crippen LogP contribution < -0.4 is 4.74 Å². The van der Waals surface area contributed by atoms with Gasteiger partial charge in [-0.05, 0) is 103 Å². The van der Waals surface area contributed by atoms with Crippen molar-refractivity contribution in [1.29, 1.82) is 0 Å². The summed E-state index contributed by atoms with van der Waals surface area (Å²) in [6, 6.07) is 11.3. The van der Waals surface area contributed by atoms with E-state index in [2.05, 4.69) is 0 Å². The zero-order valence-corrected chi connectivity index (χ0v) is 26.3. The van der Waals surface area contributed by atoms with E-state index in [4.69, 9.17) is 35.2 Å². The Morgan fingerprint density at radius 1 is 0.976 bits per heavy atom. The summed E-state index contributed by atoms with van der Waals surface area (Å²) in [5.74, 6) is 1.03. The highest BCUT2D eigenvalue weighted by Gasteiger charge is 2.33. The van der Waals surface area contributed by atoms with Gasteiger partial charge in [0, 0.05) is 23.7 Å². The van der Waals surface area contributed by atoms with Gasteiger partial charge in [-0.15, -0.1) is 0 Å². The van der Waals surface area contributed by atoms with E-state index in [1.165, 1.54) is 0 Å². The molecule has 41 heavy (non-hydrogen) atoms. The van der Waals surface area contributed by atoms with Gasteiger partial charge in [-0.25, -0.2) is 9.78 Å². The fourth-order valence-electron chi connectivity index (χ4n) is 4.38. The van der Waals surface area contributed by atoms with Crippen LogP contribution >= 0.6 is 11.6 Å². The van der Waals surface area contributed by atoms with Gasteiger partial charge in [0.15, 0.2) is 5.60 Å². The molecular weight excluding hydrogens is 544 g/mol. The Bertz CT molecular complexity index is 1350. The van der Waals surface area contributed by atoms with E-state index in [9.17, 15) is 9.59 Å². The van der Waals surface area contributed by atoms with E-state index in [1.807, 2.05) is 70.7 Å². The van der Waals surface area contributed by atoms with Crippen LogP contribution in [0.4, 0.5) is 0 Å². The molecule has 0 aliphatic heterocycles. The summed E-state index contributed by atoms with van der Waals surface area (Å²) in [5.41, 5.74) is 2.52. The van der Waals surface area contributed by atoms with E-state index >= 15 is 0 Å². The SMILES string of the molecule is CCOC(=O)C(C)(C)Oc1c(C)cc(CN(CC(=O)OC(C)(C)C)Cc2nc(-c3ccc(Cl)cc3)oc2C)cc1C. The van der Waals surface area contributed by atoms with Gasteiger partial charge in [0.2, 0.25) is 5.89 Å². The highest BCUT2D eigenvalue weighted by Crippen LogP contribution is 2.30. The van der Waals surface area contributed by atoms with Gasteiger partial charge in [-0.2, -0.15) is 0 Å². The number of carbonyl (C=O) groups excluding carboxylic acids is 2. The number of aromatic nitrogens is 1. The second-order valence-corrected chi connectivity index (χ2v) is 12.1. The van der Waals surface area contributed by atoms with Crippen molar-refractivity contribution < 1.29 is 28.2 Å². The Morgan fingerprint density at radius 3 is 2.15 bits per heavy atom. The van der Waals surface area contributed by atoms with Crippen LogP contribution in [-0.4, -0.2) is 46.2 Å². The maximum absolute atomic E-state index is 12.9. The smallest absolute Gasteiger partial charge is 0.349 e. The van der Waals surface area contributed by atoms with Crippen LogP contribution in [0.15, 0.2) is 40.8 Å². The first kappa shape index (κ1) is 32.2. The molecule has 0 N–H and O–H groups in total. The van der Waals surface area contributed by atoms with E-state index in [0.29, 0.717) is 35.5 Å². The first-order chi connectivity index (χ1) is 19.1. The maximum atomic E-state index is 12.9. The molecule has 0 amide bonds.